The van der Waals surface area contributed by atoms with Gasteiger partial charge < -0.3 is 9.88 Å². The van der Waals surface area contributed by atoms with Crippen LogP contribution in [0.25, 0.3) is 0 Å². The molecule has 2 heterocycles. The van der Waals surface area contributed by atoms with Gasteiger partial charge in [0, 0.05) is 29.9 Å². The number of carbonyl (C=O) groups is 1. The van der Waals surface area contributed by atoms with E-state index in [9.17, 15) is 18.0 Å². The minimum absolute atomic E-state index is 0.247. The van der Waals surface area contributed by atoms with Crippen LogP contribution in [0.3, 0.4) is 0 Å². The number of anilines is 1. The van der Waals surface area contributed by atoms with E-state index in [1.54, 1.807) is 42.5 Å². The van der Waals surface area contributed by atoms with Gasteiger partial charge >= 0.3 is 6.18 Å². The van der Waals surface area contributed by atoms with E-state index in [0.29, 0.717) is 17.1 Å². The maximum absolute atomic E-state index is 12.8. The predicted octanol–water partition coefficient (Wildman–Crippen LogP) is 4.15. The highest BCUT2D eigenvalue weighted by atomic mass is 32.1. The van der Waals surface area contributed by atoms with Crippen molar-refractivity contribution in [3.05, 3.63) is 65.2 Å². The van der Waals surface area contributed by atoms with Crippen molar-refractivity contribution in [2.45, 2.75) is 25.6 Å². The molecule has 1 unspecified atom stereocenters. The first-order valence-corrected chi connectivity index (χ1v) is 8.54. The number of alkyl halides is 3. The number of nitrogens with zero attached hydrogens (tertiary/aromatic N) is 3. The van der Waals surface area contributed by atoms with Crippen LogP contribution in [-0.2, 0) is 17.4 Å². The molecule has 0 saturated heterocycles. The van der Waals surface area contributed by atoms with E-state index in [0.717, 1.165) is 17.0 Å². The van der Waals surface area contributed by atoms with Gasteiger partial charge in [-0.3, -0.25) is 4.79 Å². The van der Waals surface area contributed by atoms with Gasteiger partial charge in [-0.1, -0.05) is 18.2 Å². The molecule has 0 aliphatic heterocycles. The molecule has 0 fully saturated rings. The summed E-state index contributed by atoms with van der Waals surface area (Å²) in [5.74, 6) is -0.247. The average Bonchev–Trinajstić information content (AvgIpc) is 3.26. The third-order valence-electron chi connectivity index (χ3n) is 3.77. The summed E-state index contributed by atoms with van der Waals surface area (Å²) in [7, 11) is 0. The number of carbonyl (C=O) groups excluding carboxylic acids is 1. The first-order chi connectivity index (χ1) is 12.3. The van der Waals surface area contributed by atoms with Crippen LogP contribution in [0.15, 0.2) is 49.2 Å². The van der Waals surface area contributed by atoms with E-state index in [-0.39, 0.29) is 5.91 Å². The zero-order chi connectivity index (χ0) is 18.7. The summed E-state index contributed by atoms with van der Waals surface area (Å²) < 4.78 is 40.0. The molecular formula is C17H15F3N4OS. The van der Waals surface area contributed by atoms with E-state index in [1.807, 2.05) is 0 Å². The maximum atomic E-state index is 12.8. The molecule has 0 saturated carbocycles. The number of halogens is 3. The molecule has 0 bridgehead atoms. The molecule has 1 atom stereocenters. The highest BCUT2D eigenvalue weighted by Gasteiger charge is 2.30. The van der Waals surface area contributed by atoms with Gasteiger partial charge in [0.15, 0.2) is 5.13 Å². The van der Waals surface area contributed by atoms with Crippen molar-refractivity contribution in [1.82, 2.24) is 14.5 Å². The topological polar surface area (TPSA) is 59.8 Å². The molecule has 0 aliphatic carbocycles. The van der Waals surface area contributed by atoms with E-state index in [1.165, 1.54) is 17.4 Å². The van der Waals surface area contributed by atoms with Crippen LogP contribution in [-0.4, -0.2) is 20.4 Å². The zero-order valence-corrected chi connectivity index (χ0v) is 14.5. The van der Waals surface area contributed by atoms with Crippen molar-refractivity contribution in [3.63, 3.8) is 0 Å². The Balaban J connectivity index is 1.66. The summed E-state index contributed by atoms with van der Waals surface area (Å²) in [6.45, 7) is 1.73. The van der Waals surface area contributed by atoms with Crippen LogP contribution in [0.2, 0.25) is 0 Å². The van der Waals surface area contributed by atoms with Crippen molar-refractivity contribution in [1.29, 1.82) is 0 Å². The molecule has 2 aromatic heterocycles. The van der Waals surface area contributed by atoms with Crippen molar-refractivity contribution in [2.24, 2.45) is 0 Å². The van der Waals surface area contributed by atoms with Gasteiger partial charge in [0.25, 0.3) is 0 Å². The summed E-state index contributed by atoms with van der Waals surface area (Å²) in [4.78, 5) is 21.0. The fourth-order valence-corrected chi connectivity index (χ4v) is 3.20. The molecule has 0 spiro atoms. The Labute approximate surface area is 151 Å². The molecule has 0 radical (unpaired) electrons. The lowest BCUT2D eigenvalue weighted by Gasteiger charge is -2.11. The molecule has 1 N–H and O–H groups in total. The fourth-order valence-electron chi connectivity index (χ4n) is 2.35. The summed E-state index contributed by atoms with van der Waals surface area (Å²) in [6, 6.07) is 4.73. The number of rotatable bonds is 5. The largest absolute Gasteiger partial charge is 0.416 e. The lowest BCUT2D eigenvalue weighted by Crippen LogP contribution is -2.22. The Kier molecular flexibility index (Phi) is 5.08. The Bertz CT molecular complexity index is 890. The number of amides is 1. The lowest BCUT2D eigenvalue weighted by atomic mass is 10.1. The Hall–Kier alpha value is -2.68. The third-order valence-corrected chi connectivity index (χ3v) is 4.68. The van der Waals surface area contributed by atoms with Crippen molar-refractivity contribution >= 4 is 22.4 Å². The first kappa shape index (κ1) is 18.1. The second kappa shape index (κ2) is 7.28. The van der Waals surface area contributed by atoms with E-state index >= 15 is 0 Å². The van der Waals surface area contributed by atoms with E-state index < -0.39 is 17.8 Å². The van der Waals surface area contributed by atoms with Crippen LogP contribution < -0.4 is 5.32 Å². The quantitative estimate of drug-likeness (QED) is 0.723. The van der Waals surface area contributed by atoms with E-state index in [2.05, 4.69) is 15.3 Å². The molecule has 1 amide bonds. The second-order valence-electron chi connectivity index (χ2n) is 5.68. The van der Waals surface area contributed by atoms with Gasteiger partial charge in [-0.15, -0.1) is 11.3 Å². The molecule has 136 valence electrons. The first-order valence-electron chi connectivity index (χ1n) is 7.72. The van der Waals surface area contributed by atoms with Gasteiger partial charge in [-0.25, -0.2) is 9.97 Å². The SMILES string of the molecule is CC(C(=O)Nc1ncc(Cc2cccc(C(F)(F)F)c2)s1)n1ccnc1. The normalized spacial score (nSPS) is 12.8. The average molecular weight is 380 g/mol. The molecular weight excluding hydrogens is 365 g/mol. The number of aromatic nitrogens is 3. The van der Waals surface area contributed by atoms with Gasteiger partial charge in [-0.05, 0) is 18.6 Å². The van der Waals surface area contributed by atoms with Crippen LogP contribution in [0.4, 0.5) is 18.3 Å². The number of benzene rings is 1. The number of imidazole rings is 1. The van der Waals surface area contributed by atoms with Crippen LogP contribution in [0.5, 0.6) is 0 Å². The van der Waals surface area contributed by atoms with E-state index in [4.69, 9.17) is 0 Å². The highest BCUT2D eigenvalue weighted by molar-refractivity contribution is 7.15. The van der Waals surface area contributed by atoms with Crippen molar-refractivity contribution < 1.29 is 18.0 Å². The zero-order valence-electron chi connectivity index (χ0n) is 13.7. The highest BCUT2D eigenvalue weighted by Crippen LogP contribution is 2.30. The smallest absolute Gasteiger partial charge is 0.325 e. The number of hydrogen-bond donors (Lipinski definition) is 1. The Morgan fingerprint density at radius 2 is 2.19 bits per heavy atom. The summed E-state index contributed by atoms with van der Waals surface area (Å²) in [5, 5.41) is 3.12. The minimum atomic E-state index is -4.37. The molecule has 9 heteroatoms. The molecule has 3 rings (SSSR count). The molecule has 0 aliphatic rings. The molecule has 26 heavy (non-hydrogen) atoms. The summed E-state index contributed by atoms with van der Waals surface area (Å²) in [5.41, 5.74) is -0.143. The Morgan fingerprint density at radius 3 is 2.88 bits per heavy atom. The van der Waals surface area contributed by atoms with Gasteiger partial charge in [0.1, 0.15) is 6.04 Å². The number of hydrogen-bond acceptors (Lipinski definition) is 4. The summed E-state index contributed by atoms with van der Waals surface area (Å²) >= 11 is 1.23. The Morgan fingerprint density at radius 1 is 1.38 bits per heavy atom. The third kappa shape index (κ3) is 4.29. The molecule has 5 nitrogen and oxygen atoms in total. The minimum Gasteiger partial charge on any atom is -0.325 e. The van der Waals surface area contributed by atoms with Gasteiger partial charge in [0.05, 0.1) is 11.9 Å². The van der Waals surface area contributed by atoms with Crippen molar-refractivity contribution in [3.8, 4) is 0 Å². The predicted molar refractivity (Wildman–Crippen MR) is 91.9 cm³/mol. The van der Waals surface area contributed by atoms with Crippen molar-refractivity contribution in [2.75, 3.05) is 5.32 Å². The summed E-state index contributed by atoms with van der Waals surface area (Å²) in [6.07, 6.45) is 2.32. The van der Waals surface area contributed by atoms with Crippen LogP contribution >= 0.6 is 11.3 Å². The number of thiazole rings is 1. The van der Waals surface area contributed by atoms with Crippen LogP contribution in [0, 0.1) is 0 Å². The monoisotopic (exact) mass is 380 g/mol. The standard InChI is InChI=1S/C17H15F3N4OS/c1-11(24-6-5-21-10-24)15(25)23-16-22-9-14(26-16)8-12-3-2-4-13(7-12)17(18,19)20/h2-7,9-11H,8H2,1H3,(H,22,23,25). The molecule has 3 aromatic rings. The second-order valence-corrected chi connectivity index (χ2v) is 6.80. The maximum Gasteiger partial charge on any atom is 0.416 e. The number of nitrogens with one attached hydrogen (secondary N) is 1. The van der Waals surface area contributed by atoms with Gasteiger partial charge in [-0.2, -0.15) is 13.2 Å². The van der Waals surface area contributed by atoms with Crippen LogP contribution in [0.1, 0.15) is 29.0 Å². The molecule has 1 aromatic carbocycles. The fraction of sp³-hybridized carbons (Fsp3) is 0.235. The van der Waals surface area contributed by atoms with Gasteiger partial charge in [0.2, 0.25) is 5.91 Å². The lowest BCUT2D eigenvalue weighted by molar-refractivity contribution is -0.137.